The molecule has 1 N–H and O–H groups in total. The van der Waals surface area contributed by atoms with Crippen LogP contribution in [0.1, 0.15) is 53.9 Å². The lowest BCUT2D eigenvalue weighted by Crippen LogP contribution is -2.06. The zero-order valence-corrected chi connectivity index (χ0v) is 14.5. The standard InChI is InChI=1S/C13H22O2.C5H8O2/c1-5-13(14)15-10-9-12(4)8-6-7-11(2)3;1-3-4(2)5(6)7/h5,7,12H,1,6,8-10H2,2-4H3;3H,1-2H3,(H,6,7)/b;4-3+. The van der Waals surface area contributed by atoms with Gasteiger partial charge >= 0.3 is 11.9 Å². The van der Waals surface area contributed by atoms with Crippen molar-refractivity contribution in [3.63, 3.8) is 0 Å². The largest absolute Gasteiger partial charge is 0.478 e. The monoisotopic (exact) mass is 310 g/mol. The van der Waals surface area contributed by atoms with Crippen molar-refractivity contribution in [1.82, 2.24) is 0 Å². The number of carbonyl (C=O) groups excluding carboxylic acids is 1. The van der Waals surface area contributed by atoms with Crippen molar-refractivity contribution in [1.29, 1.82) is 0 Å². The second-order valence-corrected chi connectivity index (χ2v) is 5.40. The number of esters is 1. The minimum absolute atomic E-state index is 0.327. The van der Waals surface area contributed by atoms with E-state index in [1.54, 1.807) is 19.9 Å². The molecule has 0 spiro atoms. The van der Waals surface area contributed by atoms with E-state index < -0.39 is 5.97 Å². The molecule has 4 heteroatoms. The molecule has 0 fully saturated rings. The fraction of sp³-hybridized carbons (Fsp3) is 0.556. The quantitative estimate of drug-likeness (QED) is 0.406. The summed E-state index contributed by atoms with van der Waals surface area (Å²) < 4.78 is 4.92. The highest BCUT2D eigenvalue weighted by Gasteiger charge is 2.02. The molecule has 0 radical (unpaired) electrons. The van der Waals surface area contributed by atoms with Crippen molar-refractivity contribution in [2.24, 2.45) is 5.92 Å². The van der Waals surface area contributed by atoms with E-state index in [9.17, 15) is 9.59 Å². The fourth-order valence-corrected chi connectivity index (χ4v) is 1.34. The highest BCUT2D eigenvalue weighted by molar-refractivity contribution is 5.85. The molecule has 0 heterocycles. The van der Waals surface area contributed by atoms with Gasteiger partial charge < -0.3 is 9.84 Å². The summed E-state index contributed by atoms with van der Waals surface area (Å²) in [6.45, 7) is 13.5. The van der Waals surface area contributed by atoms with Crippen molar-refractivity contribution >= 4 is 11.9 Å². The number of hydrogen-bond acceptors (Lipinski definition) is 3. The maximum Gasteiger partial charge on any atom is 0.330 e. The van der Waals surface area contributed by atoms with Crippen LogP contribution in [0, 0.1) is 5.92 Å². The molecule has 22 heavy (non-hydrogen) atoms. The molecular formula is C18H30O4. The van der Waals surface area contributed by atoms with Gasteiger partial charge in [-0.25, -0.2) is 9.59 Å². The van der Waals surface area contributed by atoms with E-state index in [0.29, 0.717) is 18.1 Å². The van der Waals surface area contributed by atoms with Crippen LogP contribution in [0.3, 0.4) is 0 Å². The van der Waals surface area contributed by atoms with Crippen LogP contribution >= 0.6 is 0 Å². The molecule has 0 rings (SSSR count). The van der Waals surface area contributed by atoms with E-state index in [2.05, 4.69) is 33.4 Å². The second kappa shape index (κ2) is 14.1. The van der Waals surface area contributed by atoms with Gasteiger partial charge in [-0.3, -0.25) is 0 Å². The van der Waals surface area contributed by atoms with Gasteiger partial charge in [-0.2, -0.15) is 0 Å². The first-order valence-electron chi connectivity index (χ1n) is 7.53. The van der Waals surface area contributed by atoms with Gasteiger partial charge in [0.1, 0.15) is 0 Å². The van der Waals surface area contributed by atoms with Gasteiger partial charge in [0.15, 0.2) is 0 Å². The fourth-order valence-electron chi connectivity index (χ4n) is 1.34. The smallest absolute Gasteiger partial charge is 0.330 e. The molecule has 1 unspecified atom stereocenters. The first-order chi connectivity index (χ1) is 10.2. The summed E-state index contributed by atoms with van der Waals surface area (Å²) in [6.07, 6.45) is 8.19. The lowest BCUT2D eigenvalue weighted by molar-refractivity contribution is -0.138. The third-order valence-corrected chi connectivity index (χ3v) is 3.00. The van der Waals surface area contributed by atoms with Crippen molar-refractivity contribution in [3.8, 4) is 0 Å². The molecule has 0 aliphatic rings. The number of carboxylic acids is 1. The number of hydrogen-bond donors (Lipinski definition) is 1. The van der Waals surface area contributed by atoms with E-state index in [1.165, 1.54) is 11.6 Å². The predicted molar refractivity (Wildman–Crippen MR) is 90.7 cm³/mol. The normalized spacial score (nSPS) is 11.6. The zero-order chi connectivity index (χ0) is 17.5. The summed E-state index contributed by atoms with van der Waals surface area (Å²) in [7, 11) is 0. The number of allylic oxidation sites excluding steroid dienone is 3. The molecule has 0 aromatic rings. The number of rotatable bonds is 8. The van der Waals surface area contributed by atoms with Crippen molar-refractivity contribution in [3.05, 3.63) is 36.0 Å². The molecular weight excluding hydrogens is 280 g/mol. The van der Waals surface area contributed by atoms with Crippen LogP contribution in [0.5, 0.6) is 0 Å². The summed E-state index contributed by atoms with van der Waals surface area (Å²) in [5.74, 6) is -0.577. The Bertz CT molecular complexity index is 401. The molecule has 4 nitrogen and oxygen atoms in total. The van der Waals surface area contributed by atoms with Crippen molar-refractivity contribution in [2.45, 2.75) is 53.9 Å². The van der Waals surface area contributed by atoms with E-state index in [0.717, 1.165) is 19.3 Å². The lowest BCUT2D eigenvalue weighted by Gasteiger charge is -2.09. The van der Waals surface area contributed by atoms with E-state index in [-0.39, 0.29) is 5.97 Å². The maximum absolute atomic E-state index is 10.7. The summed E-state index contributed by atoms with van der Waals surface area (Å²) >= 11 is 0. The highest BCUT2D eigenvalue weighted by Crippen LogP contribution is 2.11. The molecule has 126 valence electrons. The molecule has 0 aromatic heterocycles. The molecule has 0 saturated carbocycles. The van der Waals surface area contributed by atoms with E-state index in [1.807, 2.05) is 0 Å². The first-order valence-corrected chi connectivity index (χ1v) is 7.53. The average Bonchev–Trinajstić information content (AvgIpc) is 2.46. The number of carboxylic acid groups (broad SMARTS) is 1. The molecule has 0 aromatic carbocycles. The van der Waals surface area contributed by atoms with Gasteiger partial charge in [-0.1, -0.05) is 31.2 Å². The number of carbonyl (C=O) groups is 2. The van der Waals surface area contributed by atoms with Crippen LogP contribution in [-0.2, 0) is 14.3 Å². The first kappa shape index (κ1) is 22.4. The predicted octanol–water partition coefficient (Wildman–Crippen LogP) is 4.53. The van der Waals surface area contributed by atoms with Crippen molar-refractivity contribution in [2.75, 3.05) is 6.61 Å². The molecule has 0 aliphatic carbocycles. The van der Waals surface area contributed by atoms with Gasteiger partial charge in [0.05, 0.1) is 6.61 Å². The summed E-state index contributed by atoms with van der Waals surface area (Å²) in [5.41, 5.74) is 1.75. The number of ether oxygens (including phenoxy) is 1. The third kappa shape index (κ3) is 16.2. The Balaban J connectivity index is 0. The van der Waals surface area contributed by atoms with Crippen molar-refractivity contribution < 1.29 is 19.4 Å². The Kier molecular flexibility index (Phi) is 14.4. The molecule has 0 bridgehead atoms. The van der Waals surface area contributed by atoms with E-state index in [4.69, 9.17) is 9.84 Å². The van der Waals surface area contributed by atoms with Gasteiger partial charge in [0.2, 0.25) is 0 Å². The Morgan fingerprint density at radius 1 is 1.23 bits per heavy atom. The molecule has 1 atom stereocenters. The van der Waals surface area contributed by atoms with Crippen LogP contribution in [0.4, 0.5) is 0 Å². The Labute approximate surface area is 134 Å². The van der Waals surface area contributed by atoms with Crippen LogP contribution in [0.15, 0.2) is 36.0 Å². The summed E-state index contributed by atoms with van der Waals surface area (Å²) in [4.78, 5) is 20.6. The maximum atomic E-state index is 10.7. The topological polar surface area (TPSA) is 63.6 Å². The molecule has 0 amide bonds. The third-order valence-electron chi connectivity index (χ3n) is 3.00. The zero-order valence-electron chi connectivity index (χ0n) is 14.5. The Morgan fingerprint density at radius 3 is 2.18 bits per heavy atom. The summed E-state index contributed by atoms with van der Waals surface area (Å²) in [6, 6.07) is 0. The Morgan fingerprint density at radius 2 is 1.82 bits per heavy atom. The van der Waals surface area contributed by atoms with Crippen LogP contribution in [0.2, 0.25) is 0 Å². The van der Waals surface area contributed by atoms with Gasteiger partial charge in [-0.15, -0.1) is 0 Å². The Hall–Kier alpha value is -1.84. The average molecular weight is 310 g/mol. The minimum Gasteiger partial charge on any atom is -0.478 e. The minimum atomic E-state index is -0.845. The molecule has 0 saturated heterocycles. The second-order valence-electron chi connectivity index (χ2n) is 5.40. The lowest BCUT2D eigenvalue weighted by atomic mass is 10.0. The van der Waals surface area contributed by atoms with Crippen LogP contribution in [-0.4, -0.2) is 23.7 Å². The number of aliphatic carboxylic acids is 1. The van der Waals surface area contributed by atoms with Crippen LogP contribution < -0.4 is 0 Å². The molecule has 0 aliphatic heterocycles. The van der Waals surface area contributed by atoms with Crippen LogP contribution in [0.25, 0.3) is 0 Å². The summed E-state index contributed by atoms with van der Waals surface area (Å²) in [5, 5.41) is 8.11. The van der Waals surface area contributed by atoms with E-state index >= 15 is 0 Å². The van der Waals surface area contributed by atoms with Gasteiger partial charge in [-0.05, 0) is 52.9 Å². The van der Waals surface area contributed by atoms with Gasteiger partial charge in [0.25, 0.3) is 0 Å². The SMILES string of the molecule is C/C=C(\C)C(=O)O.C=CC(=O)OCCC(C)CCC=C(C)C. The highest BCUT2D eigenvalue weighted by atomic mass is 16.5. The van der Waals surface area contributed by atoms with Gasteiger partial charge in [0, 0.05) is 11.6 Å².